The standard InChI is InChI=1S/C11H19NO2/c1-2-3-4-5-11(10(13)14)6-8-12-9-7-11/h2,12H,1,3-9H2,(H,13,14). The molecule has 0 amide bonds. The van der Waals surface area contributed by atoms with Gasteiger partial charge in [0.2, 0.25) is 0 Å². The Morgan fingerprint density at radius 1 is 1.50 bits per heavy atom. The van der Waals surface area contributed by atoms with E-state index in [9.17, 15) is 9.90 Å². The second kappa shape index (κ2) is 5.15. The smallest absolute Gasteiger partial charge is 0.309 e. The van der Waals surface area contributed by atoms with Gasteiger partial charge in [0, 0.05) is 0 Å². The van der Waals surface area contributed by atoms with Gasteiger partial charge in [-0.1, -0.05) is 6.08 Å². The van der Waals surface area contributed by atoms with Crippen LogP contribution in [0.4, 0.5) is 0 Å². The molecule has 1 fully saturated rings. The summed E-state index contributed by atoms with van der Waals surface area (Å²) < 4.78 is 0. The van der Waals surface area contributed by atoms with E-state index in [-0.39, 0.29) is 0 Å². The molecule has 0 unspecified atom stereocenters. The molecule has 0 aromatic heterocycles. The van der Waals surface area contributed by atoms with Crippen molar-refractivity contribution < 1.29 is 9.90 Å². The topological polar surface area (TPSA) is 49.3 Å². The molecular formula is C11H19NO2. The molecule has 1 rings (SSSR count). The van der Waals surface area contributed by atoms with Crippen molar-refractivity contribution >= 4 is 5.97 Å². The molecule has 3 heteroatoms. The molecule has 3 nitrogen and oxygen atoms in total. The lowest BCUT2D eigenvalue weighted by Crippen LogP contribution is -2.42. The van der Waals surface area contributed by atoms with Crippen LogP contribution in [0.3, 0.4) is 0 Å². The minimum Gasteiger partial charge on any atom is -0.481 e. The second-order valence-electron chi connectivity index (χ2n) is 4.02. The van der Waals surface area contributed by atoms with Gasteiger partial charge in [0.1, 0.15) is 0 Å². The number of unbranched alkanes of at least 4 members (excludes halogenated alkanes) is 1. The van der Waals surface area contributed by atoms with Crippen molar-refractivity contribution in [2.75, 3.05) is 13.1 Å². The zero-order chi connectivity index (χ0) is 10.4. The van der Waals surface area contributed by atoms with Crippen LogP contribution in [-0.4, -0.2) is 24.2 Å². The van der Waals surface area contributed by atoms with Gasteiger partial charge in [-0.3, -0.25) is 4.79 Å². The van der Waals surface area contributed by atoms with Gasteiger partial charge in [-0.05, 0) is 45.2 Å². The van der Waals surface area contributed by atoms with E-state index in [1.165, 1.54) is 0 Å². The first-order chi connectivity index (χ1) is 6.71. The van der Waals surface area contributed by atoms with Crippen LogP contribution in [0.15, 0.2) is 12.7 Å². The molecule has 0 bridgehead atoms. The van der Waals surface area contributed by atoms with Crippen molar-refractivity contribution in [3.63, 3.8) is 0 Å². The maximum absolute atomic E-state index is 11.2. The van der Waals surface area contributed by atoms with E-state index < -0.39 is 11.4 Å². The Labute approximate surface area is 85.2 Å². The molecule has 0 aromatic rings. The second-order valence-corrected chi connectivity index (χ2v) is 4.02. The van der Waals surface area contributed by atoms with Gasteiger partial charge in [0.25, 0.3) is 0 Å². The summed E-state index contributed by atoms with van der Waals surface area (Å²) in [7, 11) is 0. The number of aliphatic carboxylic acids is 1. The molecule has 14 heavy (non-hydrogen) atoms. The highest BCUT2D eigenvalue weighted by Crippen LogP contribution is 2.34. The van der Waals surface area contributed by atoms with E-state index in [0.717, 1.165) is 45.2 Å². The zero-order valence-electron chi connectivity index (χ0n) is 8.59. The Hall–Kier alpha value is -0.830. The fourth-order valence-electron chi connectivity index (χ4n) is 2.06. The SMILES string of the molecule is C=CCCCC1(C(=O)O)CCNCC1. The van der Waals surface area contributed by atoms with E-state index in [1.54, 1.807) is 0 Å². The van der Waals surface area contributed by atoms with Gasteiger partial charge < -0.3 is 10.4 Å². The summed E-state index contributed by atoms with van der Waals surface area (Å²) in [6.07, 6.45) is 6.03. The van der Waals surface area contributed by atoms with Crippen LogP contribution < -0.4 is 5.32 Å². The van der Waals surface area contributed by atoms with E-state index in [1.807, 2.05) is 6.08 Å². The Bertz CT molecular complexity index is 207. The van der Waals surface area contributed by atoms with Crippen LogP contribution >= 0.6 is 0 Å². The lowest BCUT2D eigenvalue weighted by atomic mass is 9.75. The van der Waals surface area contributed by atoms with Gasteiger partial charge in [0.05, 0.1) is 5.41 Å². The quantitative estimate of drug-likeness (QED) is 0.522. The largest absolute Gasteiger partial charge is 0.481 e. The van der Waals surface area contributed by atoms with Crippen LogP contribution in [-0.2, 0) is 4.79 Å². The van der Waals surface area contributed by atoms with Gasteiger partial charge in [-0.2, -0.15) is 0 Å². The van der Waals surface area contributed by atoms with E-state index in [0.29, 0.717) is 0 Å². The summed E-state index contributed by atoms with van der Waals surface area (Å²) in [4.78, 5) is 11.2. The number of carboxylic acids is 1. The van der Waals surface area contributed by atoms with E-state index in [2.05, 4.69) is 11.9 Å². The van der Waals surface area contributed by atoms with E-state index >= 15 is 0 Å². The molecule has 0 atom stereocenters. The number of carbonyl (C=O) groups is 1. The molecule has 0 spiro atoms. The summed E-state index contributed by atoms with van der Waals surface area (Å²) in [6, 6.07) is 0. The van der Waals surface area contributed by atoms with Crippen molar-refractivity contribution in [3.05, 3.63) is 12.7 Å². The first-order valence-corrected chi connectivity index (χ1v) is 5.26. The van der Waals surface area contributed by atoms with Crippen LogP contribution in [0.2, 0.25) is 0 Å². The number of carboxylic acid groups (broad SMARTS) is 1. The average molecular weight is 197 g/mol. The number of piperidine rings is 1. The maximum Gasteiger partial charge on any atom is 0.309 e. The van der Waals surface area contributed by atoms with Crippen LogP contribution in [0.25, 0.3) is 0 Å². The summed E-state index contributed by atoms with van der Waals surface area (Å²) >= 11 is 0. The first kappa shape index (κ1) is 11.2. The zero-order valence-corrected chi connectivity index (χ0v) is 8.59. The first-order valence-electron chi connectivity index (χ1n) is 5.26. The minimum atomic E-state index is -0.622. The number of rotatable bonds is 5. The molecular weight excluding hydrogens is 178 g/mol. The van der Waals surface area contributed by atoms with Crippen LogP contribution in [0.1, 0.15) is 32.1 Å². The predicted molar refractivity (Wildman–Crippen MR) is 56.2 cm³/mol. The monoisotopic (exact) mass is 197 g/mol. The van der Waals surface area contributed by atoms with Gasteiger partial charge >= 0.3 is 5.97 Å². The van der Waals surface area contributed by atoms with Crippen molar-refractivity contribution in [3.8, 4) is 0 Å². The Morgan fingerprint density at radius 2 is 2.14 bits per heavy atom. The Morgan fingerprint density at radius 3 is 2.64 bits per heavy atom. The van der Waals surface area contributed by atoms with Crippen molar-refractivity contribution in [2.45, 2.75) is 32.1 Å². The highest BCUT2D eigenvalue weighted by molar-refractivity contribution is 5.74. The number of hydrogen-bond donors (Lipinski definition) is 2. The molecule has 2 N–H and O–H groups in total. The van der Waals surface area contributed by atoms with E-state index in [4.69, 9.17) is 0 Å². The maximum atomic E-state index is 11.2. The van der Waals surface area contributed by atoms with Crippen molar-refractivity contribution in [1.82, 2.24) is 5.32 Å². The van der Waals surface area contributed by atoms with Crippen molar-refractivity contribution in [2.24, 2.45) is 5.41 Å². The number of hydrogen-bond acceptors (Lipinski definition) is 2. The summed E-state index contributed by atoms with van der Waals surface area (Å²) in [5.74, 6) is -0.622. The third-order valence-corrected chi connectivity index (χ3v) is 3.08. The van der Waals surface area contributed by atoms with Crippen LogP contribution in [0, 0.1) is 5.41 Å². The summed E-state index contributed by atoms with van der Waals surface area (Å²) in [5.41, 5.74) is -0.464. The van der Waals surface area contributed by atoms with Gasteiger partial charge in [-0.15, -0.1) is 6.58 Å². The third kappa shape index (κ3) is 2.58. The fraction of sp³-hybridized carbons (Fsp3) is 0.727. The highest BCUT2D eigenvalue weighted by atomic mass is 16.4. The molecule has 1 saturated heterocycles. The molecule has 1 aliphatic heterocycles. The predicted octanol–water partition coefficient (Wildman–Crippen LogP) is 1.80. The van der Waals surface area contributed by atoms with Gasteiger partial charge in [0.15, 0.2) is 0 Å². The van der Waals surface area contributed by atoms with Gasteiger partial charge in [-0.25, -0.2) is 0 Å². The molecule has 80 valence electrons. The molecule has 1 heterocycles. The lowest BCUT2D eigenvalue weighted by molar-refractivity contribution is -0.151. The summed E-state index contributed by atoms with van der Waals surface area (Å²) in [5, 5.41) is 12.4. The lowest BCUT2D eigenvalue weighted by Gasteiger charge is -2.33. The van der Waals surface area contributed by atoms with Crippen molar-refractivity contribution in [1.29, 1.82) is 0 Å². The Kier molecular flexibility index (Phi) is 4.14. The fourth-order valence-corrected chi connectivity index (χ4v) is 2.06. The normalized spacial score (nSPS) is 20.3. The highest BCUT2D eigenvalue weighted by Gasteiger charge is 2.38. The molecule has 0 saturated carbocycles. The molecule has 0 aliphatic carbocycles. The molecule has 0 aromatic carbocycles. The third-order valence-electron chi connectivity index (χ3n) is 3.08. The number of nitrogens with one attached hydrogen (secondary N) is 1. The average Bonchev–Trinajstić information content (AvgIpc) is 2.19. The number of allylic oxidation sites excluding steroid dienone is 1. The molecule has 0 radical (unpaired) electrons. The molecule has 1 aliphatic rings. The Balaban J connectivity index is 2.51. The van der Waals surface area contributed by atoms with Crippen LogP contribution in [0.5, 0.6) is 0 Å². The summed E-state index contributed by atoms with van der Waals surface area (Å²) in [6.45, 7) is 5.32. The minimum absolute atomic E-state index is 0.464.